The molecule has 0 spiro atoms. The van der Waals surface area contributed by atoms with E-state index in [2.05, 4.69) is 81.0 Å². The van der Waals surface area contributed by atoms with Gasteiger partial charge in [0.25, 0.3) is 0 Å². The van der Waals surface area contributed by atoms with Crippen LogP contribution in [0, 0.1) is 5.41 Å². The zero-order valence-electron chi connectivity index (χ0n) is 33.0. The summed E-state index contributed by atoms with van der Waals surface area (Å²) in [7, 11) is 0. The lowest BCUT2D eigenvalue weighted by molar-refractivity contribution is -0.139. The summed E-state index contributed by atoms with van der Waals surface area (Å²) in [6.45, 7) is 18.1. The number of benzene rings is 5. The highest BCUT2D eigenvalue weighted by Gasteiger charge is 2.34. The third kappa shape index (κ3) is 11.1. The molecule has 0 aliphatic rings. The predicted octanol–water partition coefficient (Wildman–Crippen LogP) is 12.5. The van der Waals surface area contributed by atoms with Crippen LogP contribution in [0.25, 0.3) is 10.8 Å². The van der Waals surface area contributed by atoms with Crippen LogP contribution in [0.1, 0.15) is 88.7 Å². The molecule has 0 unspecified atom stereocenters. The summed E-state index contributed by atoms with van der Waals surface area (Å²) in [4.78, 5) is 24.2. The number of ether oxygens (including phenoxy) is 3. The van der Waals surface area contributed by atoms with Crippen molar-refractivity contribution in [3.63, 3.8) is 0 Å². The fourth-order valence-corrected chi connectivity index (χ4v) is 5.78. The zero-order chi connectivity index (χ0) is 39.4. The number of unbranched alkanes of at least 4 members (excludes halogenated alkanes) is 3. The van der Waals surface area contributed by atoms with Gasteiger partial charge in [-0.2, -0.15) is 5.11 Å². The number of nitrogens with one attached hydrogen (secondary N) is 1. The second kappa shape index (κ2) is 18.5. The van der Waals surface area contributed by atoms with E-state index in [4.69, 9.17) is 14.2 Å². The molecule has 0 radical (unpaired) electrons. The molecule has 0 aliphatic carbocycles. The minimum absolute atomic E-state index is 0.0248. The smallest absolute Gasteiger partial charge is 0.343 e. The quantitative estimate of drug-likeness (QED) is 0.0335. The third-order valence-corrected chi connectivity index (χ3v) is 10.2. The van der Waals surface area contributed by atoms with E-state index in [1.165, 1.54) is 5.56 Å². The average Bonchev–Trinajstić information content (AvgIpc) is 3.17. The van der Waals surface area contributed by atoms with Crippen molar-refractivity contribution in [2.75, 3.05) is 18.5 Å². The Bertz CT molecular complexity index is 2090. The first-order valence-electron chi connectivity index (χ1n) is 19.0. The Morgan fingerprint density at radius 1 is 0.691 bits per heavy atom. The topological polar surface area (TPSA) is 98.6 Å². The molecule has 0 saturated carbocycles. The maximum absolute atomic E-state index is 12.8. The largest absolute Gasteiger partial charge is 0.494 e. The molecule has 0 bridgehead atoms. The summed E-state index contributed by atoms with van der Waals surface area (Å²) in [6.07, 6.45) is 3.61. The number of azo groups is 1. The molecule has 0 heterocycles. The number of nitrogens with zero attached hydrogens (tertiary/aromatic N) is 2. The van der Waals surface area contributed by atoms with E-state index in [0.29, 0.717) is 42.4 Å². The summed E-state index contributed by atoms with van der Waals surface area (Å²) < 4.78 is 16.6. The second-order valence-corrected chi connectivity index (χ2v) is 15.4. The predicted molar refractivity (Wildman–Crippen MR) is 222 cm³/mol. The van der Waals surface area contributed by atoms with Gasteiger partial charge < -0.3 is 19.5 Å². The first-order valence-corrected chi connectivity index (χ1v) is 19.0. The molecular weight excluding hydrogens is 687 g/mol. The van der Waals surface area contributed by atoms with Crippen LogP contribution in [-0.2, 0) is 21.5 Å². The number of fused-ring (bicyclic) bond motifs is 1. The molecule has 0 atom stereocenters. The van der Waals surface area contributed by atoms with E-state index < -0.39 is 5.97 Å². The minimum Gasteiger partial charge on any atom is -0.494 e. The van der Waals surface area contributed by atoms with E-state index in [1.54, 1.807) is 43.3 Å². The van der Waals surface area contributed by atoms with Crippen molar-refractivity contribution in [2.24, 2.45) is 15.6 Å². The van der Waals surface area contributed by atoms with Gasteiger partial charge in [0, 0.05) is 28.6 Å². The Labute approximate surface area is 325 Å². The van der Waals surface area contributed by atoms with Crippen molar-refractivity contribution in [1.82, 2.24) is 0 Å². The normalized spacial score (nSPS) is 11.7. The second-order valence-electron chi connectivity index (χ2n) is 15.4. The van der Waals surface area contributed by atoms with Gasteiger partial charge in [0.2, 0.25) is 0 Å². The fraction of sp³-hybridized carbons (Fsp3) is 0.319. The lowest BCUT2D eigenvalue weighted by Crippen LogP contribution is -2.33. The van der Waals surface area contributed by atoms with E-state index >= 15 is 0 Å². The van der Waals surface area contributed by atoms with Crippen molar-refractivity contribution >= 4 is 39.8 Å². The standard InChI is InChI=1S/C47H53N3O5/c1-33(2)44(51)54-31-13-9-8-12-30-53-38-26-18-35(19-27-38)45(52)55-39-24-16-34(17-25-39)32-48-42-28-29-43(41-15-11-10-14-40(41)42)50-49-37-22-20-36(21-23-37)47(6,7)46(3,4)5/h10-11,14-29,48H,1,8-9,12-13,30-32H2,2-7H3/b50-49+. The summed E-state index contributed by atoms with van der Waals surface area (Å²) >= 11 is 0. The van der Waals surface area contributed by atoms with E-state index in [1.807, 2.05) is 48.5 Å². The molecule has 8 heteroatoms. The summed E-state index contributed by atoms with van der Waals surface area (Å²) in [6, 6.07) is 35.0. The van der Waals surface area contributed by atoms with Crippen LogP contribution in [0.2, 0.25) is 0 Å². The van der Waals surface area contributed by atoms with Gasteiger partial charge in [-0.15, -0.1) is 5.11 Å². The van der Waals surface area contributed by atoms with Crippen molar-refractivity contribution < 1.29 is 23.8 Å². The number of hydrogen-bond donors (Lipinski definition) is 1. The van der Waals surface area contributed by atoms with Crippen LogP contribution in [0.5, 0.6) is 11.5 Å². The van der Waals surface area contributed by atoms with Gasteiger partial charge in [0.15, 0.2) is 0 Å². The molecule has 1 N–H and O–H groups in total. The number of carbonyl (C=O) groups is 2. The van der Waals surface area contributed by atoms with Gasteiger partial charge in [0.1, 0.15) is 11.5 Å². The lowest BCUT2D eigenvalue weighted by atomic mass is 9.65. The molecule has 55 heavy (non-hydrogen) atoms. The van der Waals surface area contributed by atoms with Crippen LogP contribution >= 0.6 is 0 Å². The third-order valence-electron chi connectivity index (χ3n) is 10.2. The molecule has 0 aliphatic heterocycles. The van der Waals surface area contributed by atoms with E-state index in [9.17, 15) is 9.59 Å². The number of esters is 2. The number of rotatable bonds is 17. The average molecular weight is 740 g/mol. The zero-order valence-corrected chi connectivity index (χ0v) is 33.0. The molecule has 0 amide bonds. The Hall–Kier alpha value is -5.76. The number of carbonyl (C=O) groups excluding carboxylic acids is 2. The highest BCUT2D eigenvalue weighted by molar-refractivity contribution is 6.00. The van der Waals surface area contributed by atoms with Crippen LogP contribution in [0.4, 0.5) is 17.1 Å². The van der Waals surface area contributed by atoms with Crippen molar-refractivity contribution in [2.45, 2.75) is 79.2 Å². The molecular formula is C47H53N3O5. The van der Waals surface area contributed by atoms with E-state index in [0.717, 1.165) is 59.1 Å². The van der Waals surface area contributed by atoms with E-state index in [-0.39, 0.29) is 16.8 Å². The van der Waals surface area contributed by atoms with Crippen LogP contribution in [-0.4, -0.2) is 25.2 Å². The van der Waals surface area contributed by atoms with Gasteiger partial charge >= 0.3 is 11.9 Å². The van der Waals surface area contributed by atoms with Crippen LogP contribution in [0.3, 0.4) is 0 Å². The Balaban J connectivity index is 1.09. The molecule has 8 nitrogen and oxygen atoms in total. The highest BCUT2D eigenvalue weighted by atomic mass is 16.5. The minimum atomic E-state index is -0.435. The maximum Gasteiger partial charge on any atom is 0.343 e. The summed E-state index contributed by atoms with van der Waals surface area (Å²) in [5.41, 5.74) is 5.94. The Kier molecular flexibility index (Phi) is 13.6. The summed E-state index contributed by atoms with van der Waals surface area (Å²) in [5, 5.41) is 14.8. The van der Waals surface area contributed by atoms with Gasteiger partial charge in [0.05, 0.1) is 30.2 Å². The molecule has 0 aromatic heterocycles. The van der Waals surface area contributed by atoms with Crippen molar-refractivity contribution in [3.8, 4) is 11.5 Å². The van der Waals surface area contributed by atoms with Gasteiger partial charge in [-0.3, -0.25) is 0 Å². The number of anilines is 1. The highest BCUT2D eigenvalue weighted by Crippen LogP contribution is 2.41. The maximum atomic E-state index is 12.8. The molecule has 0 fully saturated rings. The lowest BCUT2D eigenvalue weighted by Gasteiger charge is -2.39. The molecule has 0 saturated heterocycles. The monoisotopic (exact) mass is 739 g/mol. The van der Waals surface area contributed by atoms with Crippen molar-refractivity contribution in [1.29, 1.82) is 0 Å². The number of hydrogen-bond acceptors (Lipinski definition) is 8. The van der Waals surface area contributed by atoms with Gasteiger partial charge in [-0.25, -0.2) is 9.59 Å². The van der Waals surface area contributed by atoms with Crippen LogP contribution in [0.15, 0.2) is 132 Å². The molecule has 286 valence electrons. The Morgan fingerprint density at radius 3 is 1.98 bits per heavy atom. The first-order chi connectivity index (χ1) is 26.3. The Morgan fingerprint density at radius 2 is 1.33 bits per heavy atom. The van der Waals surface area contributed by atoms with Crippen LogP contribution < -0.4 is 14.8 Å². The molecule has 5 aromatic carbocycles. The summed E-state index contributed by atoms with van der Waals surface area (Å²) in [5.74, 6) is 0.382. The fourth-order valence-electron chi connectivity index (χ4n) is 5.78. The first kappa shape index (κ1) is 40.4. The molecule has 5 rings (SSSR count). The SMILES string of the molecule is C=C(C)C(=O)OCCCCCCOc1ccc(C(=O)Oc2ccc(CNc3ccc(/N=N/c4ccc(C(C)(C)C(C)(C)C)cc4)c4ccccc34)cc2)cc1. The van der Waals surface area contributed by atoms with Crippen molar-refractivity contribution in [3.05, 3.63) is 138 Å². The van der Waals surface area contributed by atoms with Gasteiger partial charge in [-0.1, -0.05) is 89.7 Å². The van der Waals surface area contributed by atoms with Gasteiger partial charge in [-0.05, 0) is 115 Å². The molecule has 5 aromatic rings.